The van der Waals surface area contributed by atoms with Crippen LogP contribution in [-0.2, 0) is 6.42 Å². The molecule has 0 aliphatic carbocycles. The van der Waals surface area contributed by atoms with Crippen molar-refractivity contribution in [3.63, 3.8) is 0 Å². The molecule has 0 atom stereocenters. The number of rotatable bonds is 9. The maximum absolute atomic E-state index is 12.1. The Hall–Kier alpha value is -2.89. The summed E-state index contributed by atoms with van der Waals surface area (Å²) < 4.78 is 10.5. The van der Waals surface area contributed by atoms with Crippen LogP contribution in [0.1, 0.15) is 19.4 Å². The molecule has 6 heteroatoms. The normalized spacial score (nSPS) is 10.2. The Labute approximate surface area is 161 Å². The van der Waals surface area contributed by atoms with Gasteiger partial charge in [0.2, 0.25) is 0 Å². The van der Waals surface area contributed by atoms with E-state index in [2.05, 4.69) is 29.4 Å². The van der Waals surface area contributed by atoms with Crippen molar-refractivity contribution in [2.45, 2.75) is 20.3 Å². The summed E-state index contributed by atoms with van der Waals surface area (Å²) >= 11 is 0. The second-order valence-electron chi connectivity index (χ2n) is 6.04. The predicted molar refractivity (Wildman–Crippen MR) is 110 cm³/mol. The van der Waals surface area contributed by atoms with Gasteiger partial charge in [-0.1, -0.05) is 6.07 Å². The van der Waals surface area contributed by atoms with Crippen molar-refractivity contribution in [3.8, 4) is 11.5 Å². The van der Waals surface area contributed by atoms with Gasteiger partial charge in [0.05, 0.1) is 14.2 Å². The standard InChI is InChI=1S/C21H29N3O3/c1-5-24(6-2)18-10-8-17(9-11-18)23-21(25)22-14-13-16-7-12-19(26-3)20(15-16)27-4/h7-12,15H,5-6,13-14H2,1-4H3,(H2,22,23,25). The van der Waals surface area contributed by atoms with Crippen molar-refractivity contribution in [1.82, 2.24) is 5.32 Å². The lowest BCUT2D eigenvalue weighted by atomic mass is 10.1. The minimum absolute atomic E-state index is 0.217. The number of nitrogens with one attached hydrogen (secondary N) is 2. The number of carbonyl (C=O) groups is 1. The van der Waals surface area contributed by atoms with Crippen LogP contribution in [0.15, 0.2) is 42.5 Å². The molecule has 146 valence electrons. The Kier molecular flexibility index (Phi) is 7.79. The van der Waals surface area contributed by atoms with Crippen molar-refractivity contribution < 1.29 is 14.3 Å². The molecule has 0 fully saturated rings. The first-order chi connectivity index (χ1) is 13.1. The summed E-state index contributed by atoms with van der Waals surface area (Å²) in [6.45, 7) is 6.70. The predicted octanol–water partition coefficient (Wildman–Crippen LogP) is 3.91. The second kappa shape index (κ2) is 10.3. The topological polar surface area (TPSA) is 62.8 Å². The molecule has 0 saturated carbocycles. The molecule has 0 aromatic heterocycles. The van der Waals surface area contributed by atoms with E-state index < -0.39 is 0 Å². The molecule has 2 rings (SSSR count). The molecule has 2 aromatic rings. The van der Waals surface area contributed by atoms with Crippen LogP contribution in [0.25, 0.3) is 0 Å². The first kappa shape index (κ1) is 20.4. The van der Waals surface area contributed by atoms with Gasteiger partial charge in [0.25, 0.3) is 0 Å². The van der Waals surface area contributed by atoms with E-state index in [1.807, 2.05) is 42.5 Å². The first-order valence-electron chi connectivity index (χ1n) is 9.22. The number of hydrogen-bond donors (Lipinski definition) is 2. The lowest BCUT2D eigenvalue weighted by molar-refractivity contribution is 0.252. The summed E-state index contributed by atoms with van der Waals surface area (Å²) in [5, 5.41) is 5.73. The smallest absolute Gasteiger partial charge is 0.319 e. The summed E-state index contributed by atoms with van der Waals surface area (Å²) in [5.41, 5.74) is 2.99. The molecule has 0 heterocycles. The molecular formula is C21H29N3O3. The van der Waals surface area contributed by atoms with Gasteiger partial charge in [-0.3, -0.25) is 0 Å². The maximum Gasteiger partial charge on any atom is 0.319 e. The van der Waals surface area contributed by atoms with Gasteiger partial charge in [0.15, 0.2) is 11.5 Å². The van der Waals surface area contributed by atoms with Crippen molar-refractivity contribution >= 4 is 17.4 Å². The minimum atomic E-state index is -0.217. The number of nitrogens with zero attached hydrogens (tertiary/aromatic N) is 1. The van der Waals surface area contributed by atoms with E-state index in [9.17, 15) is 4.79 Å². The molecule has 2 amide bonds. The fourth-order valence-electron chi connectivity index (χ4n) is 2.88. The van der Waals surface area contributed by atoms with Crippen LogP contribution in [0.5, 0.6) is 11.5 Å². The summed E-state index contributed by atoms with van der Waals surface area (Å²) in [7, 11) is 3.22. The van der Waals surface area contributed by atoms with Crippen LogP contribution in [0, 0.1) is 0 Å². The molecule has 2 aromatic carbocycles. The van der Waals surface area contributed by atoms with E-state index in [4.69, 9.17) is 9.47 Å². The fraction of sp³-hybridized carbons (Fsp3) is 0.381. The van der Waals surface area contributed by atoms with Gasteiger partial charge >= 0.3 is 6.03 Å². The van der Waals surface area contributed by atoms with Gasteiger partial charge in [0, 0.05) is 31.0 Å². The zero-order chi connectivity index (χ0) is 19.6. The Morgan fingerprint density at radius 1 is 0.963 bits per heavy atom. The maximum atomic E-state index is 12.1. The van der Waals surface area contributed by atoms with Gasteiger partial charge in [-0.2, -0.15) is 0 Å². The molecule has 0 radical (unpaired) electrons. The van der Waals surface area contributed by atoms with E-state index in [0.717, 1.165) is 30.0 Å². The van der Waals surface area contributed by atoms with Gasteiger partial charge in [0.1, 0.15) is 0 Å². The highest BCUT2D eigenvalue weighted by Gasteiger charge is 2.06. The Morgan fingerprint density at radius 3 is 2.22 bits per heavy atom. The molecule has 27 heavy (non-hydrogen) atoms. The number of benzene rings is 2. The summed E-state index contributed by atoms with van der Waals surface area (Å²) in [6.07, 6.45) is 0.703. The molecule has 6 nitrogen and oxygen atoms in total. The highest BCUT2D eigenvalue weighted by atomic mass is 16.5. The molecule has 2 N–H and O–H groups in total. The minimum Gasteiger partial charge on any atom is -0.493 e. The van der Waals surface area contributed by atoms with Crippen LogP contribution in [0.3, 0.4) is 0 Å². The number of anilines is 2. The number of methoxy groups -OCH3 is 2. The zero-order valence-corrected chi connectivity index (χ0v) is 16.5. The lowest BCUT2D eigenvalue weighted by Crippen LogP contribution is -2.30. The van der Waals surface area contributed by atoms with Crippen molar-refractivity contribution in [2.24, 2.45) is 0 Å². The average molecular weight is 371 g/mol. The van der Waals surface area contributed by atoms with Crippen molar-refractivity contribution in [3.05, 3.63) is 48.0 Å². The number of hydrogen-bond acceptors (Lipinski definition) is 4. The molecule has 0 spiro atoms. The zero-order valence-electron chi connectivity index (χ0n) is 16.5. The van der Waals surface area contributed by atoms with E-state index in [1.54, 1.807) is 14.2 Å². The highest BCUT2D eigenvalue weighted by Crippen LogP contribution is 2.27. The van der Waals surface area contributed by atoms with Gasteiger partial charge < -0.3 is 25.0 Å². The van der Waals surface area contributed by atoms with E-state index >= 15 is 0 Å². The second-order valence-corrected chi connectivity index (χ2v) is 6.04. The Bertz CT molecular complexity index is 728. The van der Waals surface area contributed by atoms with Crippen LogP contribution >= 0.6 is 0 Å². The first-order valence-corrected chi connectivity index (χ1v) is 9.22. The molecule has 0 aliphatic rings. The molecular weight excluding hydrogens is 342 g/mol. The summed E-state index contributed by atoms with van der Waals surface area (Å²) in [5.74, 6) is 1.38. The fourth-order valence-corrected chi connectivity index (χ4v) is 2.88. The monoisotopic (exact) mass is 371 g/mol. The Balaban J connectivity index is 1.82. The van der Waals surface area contributed by atoms with E-state index in [1.165, 1.54) is 0 Å². The highest BCUT2D eigenvalue weighted by molar-refractivity contribution is 5.89. The third kappa shape index (κ3) is 5.81. The van der Waals surface area contributed by atoms with Crippen LogP contribution in [-0.4, -0.2) is 39.9 Å². The third-order valence-electron chi connectivity index (χ3n) is 4.40. The molecule has 0 bridgehead atoms. The van der Waals surface area contributed by atoms with Crippen molar-refractivity contribution in [1.29, 1.82) is 0 Å². The molecule has 0 aliphatic heterocycles. The number of amides is 2. The summed E-state index contributed by atoms with van der Waals surface area (Å²) in [4.78, 5) is 14.3. The third-order valence-corrected chi connectivity index (χ3v) is 4.40. The van der Waals surface area contributed by atoms with Crippen LogP contribution in [0.2, 0.25) is 0 Å². The number of ether oxygens (including phenoxy) is 2. The quantitative estimate of drug-likeness (QED) is 0.701. The molecule has 0 unspecified atom stereocenters. The van der Waals surface area contributed by atoms with Crippen LogP contribution in [0.4, 0.5) is 16.2 Å². The number of urea groups is 1. The lowest BCUT2D eigenvalue weighted by Gasteiger charge is -2.21. The largest absolute Gasteiger partial charge is 0.493 e. The van der Waals surface area contributed by atoms with E-state index in [-0.39, 0.29) is 6.03 Å². The summed E-state index contributed by atoms with van der Waals surface area (Å²) in [6, 6.07) is 13.4. The van der Waals surface area contributed by atoms with Gasteiger partial charge in [-0.25, -0.2) is 4.79 Å². The Morgan fingerprint density at radius 2 is 1.63 bits per heavy atom. The van der Waals surface area contributed by atoms with Crippen molar-refractivity contribution in [2.75, 3.05) is 44.1 Å². The van der Waals surface area contributed by atoms with Crippen LogP contribution < -0.4 is 25.0 Å². The van der Waals surface area contributed by atoms with E-state index in [0.29, 0.717) is 24.5 Å². The number of carbonyl (C=O) groups excluding carboxylic acids is 1. The SMILES string of the molecule is CCN(CC)c1ccc(NC(=O)NCCc2ccc(OC)c(OC)c2)cc1. The average Bonchev–Trinajstić information content (AvgIpc) is 2.70. The van der Waals surface area contributed by atoms with Gasteiger partial charge in [-0.05, 0) is 62.2 Å². The molecule has 0 saturated heterocycles. The van der Waals surface area contributed by atoms with Gasteiger partial charge in [-0.15, -0.1) is 0 Å².